The van der Waals surface area contributed by atoms with Crippen molar-refractivity contribution < 1.29 is 4.74 Å². The van der Waals surface area contributed by atoms with Gasteiger partial charge in [0.2, 0.25) is 0 Å². The zero-order valence-electron chi connectivity index (χ0n) is 12.2. The number of rotatable bonds is 8. The number of ether oxygens (including phenoxy) is 1. The summed E-state index contributed by atoms with van der Waals surface area (Å²) in [6, 6.07) is 10.7. The Morgan fingerprint density at radius 2 is 1.89 bits per heavy atom. The molecule has 102 valence electrons. The molecule has 0 aromatic heterocycles. The summed E-state index contributed by atoms with van der Waals surface area (Å²) in [5.74, 6) is 0.673. The normalized spacial score (nSPS) is 13.6. The van der Waals surface area contributed by atoms with Gasteiger partial charge in [-0.15, -0.1) is 0 Å². The Morgan fingerprint density at radius 1 is 1.22 bits per heavy atom. The molecule has 0 fully saturated rings. The third-order valence-electron chi connectivity index (χ3n) is 3.57. The van der Waals surface area contributed by atoms with Crippen LogP contribution in [0.5, 0.6) is 0 Å². The second kappa shape index (κ2) is 7.55. The van der Waals surface area contributed by atoms with Gasteiger partial charge in [-0.1, -0.05) is 30.3 Å². The molecule has 1 aromatic carbocycles. The lowest BCUT2D eigenvalue weighted by atomic mass is 9.90. The molecule has 18 heavy (non-hydrogen) atoms. The van der Waals surface area contributed by atoms with Gasteiger partial charge in [0.15, 0.2) is 0 Å². The third-order valence-corrected chi connectivity index (χ3v) is 3.57. The Balaban J connectivity index is 2.50. The van der Waals surface area contributed by atoms with Crippen LogP contribution in [0, 0.1) is 5.92 Å². The highest BCUT2D eigenvalue weighted by Gasteiger charge is 2.19. The van der Waals surface area contributed by atoms with Crippen LogP contribution in [0.1, 0.15) is 32.3 Å². The predicted molar refractivity (Wildman–Crippen MR) is 77.9 cm³/mol. The van der Waals surface area contributed by atoms with Crippen molar-refractivity contribution in [1.29, 1.82) is 0 Å². The minimum atomic E-state index is -0.0112. The number of hydrogen-bond donors (Lipinski definition) is 1. The minimum Gasteiger partial charge on any atom is -0.379 e. The predicted octanol–water partition coefficient (Wildman–Crippen LogP) is 3.27. The average Bonchev–Trinajstić information content (AvgIpc) is 2.38. The first-order valence-corrected chi connectivity index (χ1v) is 6.81. The van der Waals surface area contributed by atoms with Crippen LogP contribution >= 0.6 is 0 Å². The molecule has 0 amide bonds. The zero-order chi connectivity index (χ0) is 13.4. The molecule has 2 heteroatoms. The molecule has 1 atom stereocenters. The average molecular weight is 249 g/mol. The van der Waals surface area contributed by atoms with E-state index < -0.39 is 0 Å². The van der Waals surface area contributed by atoms with E-state index >= 15 is 0 Å². The van der Waals surface area contributed by atoms with Crippen LogP contribution in [0.2, 0.25) is 0 Å². The summed E-state index contributed by atoms with van der Waals surface area (Å²) in [5, 5.41) is 3.30. The quantitative estimate of drug-likeness (QED) is 0.763. The fourth-order valence-electron chi connectivity index (χ4n) is 2.17. The molecule has 0 saturated heterocycles. The van der Waals surface area contributed by atoms with E-state index in [1.165, 1.54) is 12.0 Å². The molecule has 0 aliphatic carbocycles. The topological polar surface area (TPSA) is 21.3 Å². The van der Waals surface area contributed by atoms with Gasteiger partial charge >= 0.3 is 0 Å². The van der Waals surface area contributed by atoms with Crippen molar-refractivity contribution in [3.05, 3.63) is 35.9 Å². The maximum absolute atomic E-state index is 5.50. The van der Waals surface area contributed by atoms with Crippen molar-refractivity contribution >= 4 is 0 Å². The van der Waals surface area contributed by atoms with Gasteiger partial charge in [-0.3, -0.25) is 0 Å². The third kappa shape index (κ3) is 5.65. The van der Waals surface area contributed by atoms with E-state index in [0.29, 0.717) is 5.92 Å². The smallest absolute Gasteiger partial charge is 0.0622 e. The van der Waals surface area contributed by atoms with Crippen LogP contribution < -0.4 is 5.32 Å². The lowest BCUT2D eigenvalue weighted by Crippen LogP contribution is -2.27. The molecule has 0 heterocycles. The fourth-order valence-corrected chi connectivity index (χ4v) is 2.17. The van der Waals surface area contributed by atoms with Crippen molar-refractivity contribution in [2.75, 3.05) is 20.7 Å². The Morgan fingerprint density at radius 3 is 2.44 bits per heavy atom. The van der Waals surface area contributed by atoms with Crippen molar-refractivity contribution in [1.82, 2.24) is 5.32 Å². The molecule has 0 bridgehead atoms. The summed E-state index contributed by atoms with van der Waals surface area (Å²) in [6.45, 7) is 5.38. The Hall–Kier alpha value is -0.860. The molecule has 1 aromatic rings. The zero-order valence-corrected chi connectivity index (χ0v) is 12.2. The van der Waals surface area contributed by atoms with Gasteiger partial charge in [-0.2, -0.15) is 0 Å². The second-order valence-electron chi connectivity index (χ2n) is 5.62. The van der Waals surface area contributed by atoms with E-state index in [4.69, 9.17) is 4.74 Å². The van der Waals surface area contributed by atoms with E-state index in [1.54, 1.807) is 7.11 Å². The van der Waals surface area contributed by atoms with Gasteiger partial charge in [-0.25, -0.2) is 0 Å². The van der Waals surface area contributed by atoms with Crippen molar-refractivity contribution in [2.24, 2.45) is 5.92 Å². The molecule has 0 aliphatic heterocycles. The van der Waals surface area contributed by atoms with Crippen LogP contribution in [0.15, 0.2) is 30.3 Å². The van der Waals surface area contributed by atoms with E-state index in [9.17, 15) is 0 Å². The SMILES string of the molecule is CNCC(CCC(C)(C)OC)Cc1ccccc1. The lowest BCUT2D eigenvalue weighted by molar-refractivity contribution is 0.0104. The van der Waals surface area contributed by atoms with Crippen LogP contribution in [0.3, 0.4) is 0 Å². The first-order valence-electron chi connectivity index (χ1n) is 6.81. The van der Waals surface area contributed by atoms with E-state index in [-0.39, 0.29) is 5.60 Å². The van der Waals surface area contributed by atoms with Gasteiger partial charge in [-0.05, 0) is 58.2 Å². The Labute approximate surface area is 112 Å². The lowest BCUT2D eigenvalue weighted by Gasteiger charge is -2.26. The van der Waals surface area contributed by atoms with Crippen LogP contribution in [-0.2, 0) is 11.2 Å². The summed E-state index contributed by atoms with van der Waals surface area (Å²) in [5.41, 5.74) is 1.41. The van der Waals surface area contributed by atoms with Crippen molar-refractivity contribution in [3.63, 3.8) is 0 Å². The number of benzene rings is 1. The first-order chi connectivity index (χ1) is 8.57. The van der Waals surface area contributed by atoms with Crippen molar-refractivity contribution in [3.8, 4) is 0 Å². The molecule has 2 nitrogen and oxygen atoms in total. The van der Waals surface area contributed by atoms with E-state index in [0.717, 1.165) is 19.4 Å². The number of hydrogen-bond acceptors (Lipinski definition) is 2. The second-order valence-corrected chi connectivity index (χ2v) is 5.62. The maximum Gasteiger partial charge on any atom is 0.0622 e. The minimum absolute atomic E-state index is 0.0112. The summed E-state index contributed by atoms with van der Waals surface area (Å²) in [7, 11) is 3.82. The standard InChI is InChI=1S/C16H27NO/c1-16(2,18-4)11-10-15(13-17-3)12-14-8-6-5-7-9-14/h5-9,15,17H,10-13H2,1-4H3. The van der Waals surface area contributed by atoms with Crippen LogP contribution in [0.25, 0.3) is 0 Å². The summed E-state index contributed by atoms with van der Waals surface area (Å²) < 4.78 is 5.50. The van der Waals surface area contributed by atoms with Crippen LogP contribution in [0.4, 0.5) is 0 Å². The van der Waals surface area contributed by atoms with Gasteiger partial charge in [0, 0.05) is 7.11 Å². The summed E-state index contributed by atoms with van der Waals surface area (Å²) >= 11 is 0. The molecule has 1 N–H and O–H groups in total. The summed E-state index contributed by atoms with van der Waals surface area (Å²) in [6.07, 6.45) is 3.43. The van der Waals surface area contributed by atoms with Gasteiger partial charge in [0.1, 0.15) is 0 Å². The van der Waals surface area contributed by atoms with Gasteiger partial charge < -0.3 is 10.1 Å². The molecule has 0 saturated carbocycles. The molecule has 1 rings (SSSR count). The molecular formula is C16H27NO. The first kappa shape index (κ1) is 15.2. The molecule has 0 aliphatic rings. The highest BCUT2D eigenvalue weighted by molar-refractivity contribution is 5.15. The molecular weight excluding hydrogens is 222 g/mol. The largest absolute Gasteiger partial charge is 0.379 e. The number of nitrogens with one attached hydrogen (secondary N) is 1. The highest BCUT2D eigenvalue weighted by Crippen LogP contribution is 2.21. The van der Waals surface area contributed by atoms with E-state index in [2.05, 4.69) is 49.5 Å². The molecule has 0 spiro atoms. The van der Waals surface area contributed by atoms with Crippen LogP contribution in [-0.4, -0.2) is 26.3 Å². The Bertz CT molecular complexity index is 321. The highest BCUT2D eigenvalue weighted by atomic mass is 16.5. The summed E-state index contributed by atoms with van der Waals surface area (Å²) in [4.78, 5) is 0. The number of methoxy groups -OCH3 is 1. The Kier molecular flexibility index (Phi) is 6.37. The molecule has 1 unspecified atom stereocenters. The van der Waals surface area contributed by atoms with Gasteiger partial charge in [0.05, 0.1) is 5.60 Å². The van der Waals surface area contributed by atoms with E-state index in [1.807, 2.05) is 7.05 Å². The fraction of sp³-hybridized carbons (Fsp3) is 0.625. The van der Waals surface area contributed by atoms with Crippen molar-refractivity contribution in [2.45, 2.75) is 38.7 Å². The maximum atomic E-state index is 5.50. The molecule has 0 radical (unpaired) electrons. The van der Waals surface area contributed by atoms with Gasteiger partial charge in [0.25, 0.3) is 0 Å². The monoisotopic (exact) mass is 249 g/mol.